The number of aliphatic hydroxyl groups is 1. The zero-order chi connectivity index (χ0) is 13.2. The van der Waals surface area contributed by atoms with Gasteiger partial charge in [-0.1, -0.05) is 18.2 Å². The molecule has 0 atom stereocenters. The van der Waals surface area contributed by atoms with Crippen molar-refractivity contribution in [2.45, 2.75) is 19.6 Å². The third kappa shape index (κ3) is 2.15. The summed E-state index contributed by atoms with van der Waals surface area (Å²) in [7, 11) is 1.96. The van der Waals surface area contributed by atoms with Gasteiger partial charge >= 0.3 is 0 Å². The van der Waals surface area contributed by atoms with Gasteiger partial charge in [-0.3, -0.25) is 4.68 Å². The maximum absolute atomic E-state index is 9.42. The average molecular weight is 255 g/mol. The van der Waals surface area contributed by atoms with Crippen LogP contribution in [0.25, 0.3) is 10.9 Å². The summed E-state index contributed by atoms with van der Waals surface area (Å²) in [5, 5.41) is 14.7. The molecule has 0 unspecified atom stereocenters. The predicted molar refractivity (Wildman–Crippen MR) is 74.8 cm³/mol. The first-order valence-corrected chi connectivity index (χ1v) is 6.44. The van der Waals surface area contributed by atoms with Crippen LogP contribution in [-0.4, -0.2) is 19.5 Å². The highest BCUT2D eigenvalue weighted by Gasteiger charge is 2.07. The molecule has 0 aliphatic carbocycles. The molecule has 4 nitrogen and oxygen atoms in total. The average Bonchev–Trinajstić information content (AvgIpc) is 3.00. The van der Waals surface area contributed by atoms with E-state index in [9.17, 15) is 5.11 Å². The minimum Gasteiger partial charge on any atom is -0.392 e. The maximum Gasteiger partial charge on any atom is 0.0702 e. The number of rotatable bonds is 4. The molecule has 3 rings (SSSR count). The predicted octanol–water partition coefficient (Wildman–Crippen LogP) is 2.11. The Kier molecular flexibility index (Phi) is 3.09. The van der Waals surface area contributed by atoms with Gasteiger partial charge in [0.15, 0.2) is 0 Å². The van der Waals surface area contributed by atoms with Gasteiger partial charge in [-0.25, -0.2) is 0 Å². The Bertz CT molecular complexity index is 696. The van der Waals surface area contributed by atoms with Gasteiger partial charge in [0.1, 0.15) is 0 Å². The molecular formula is C15H17N3O. The van der Waals surface area contributed by atoms with E-state index in [4.69, 9.17) is 0 Å². The molecule has 0 aliphatic heterocycles. The minimum absolute atomic E-state index is 0.0826. The third-order valence-corrected chi connectivity index (χ3v) is 3.57. The van der Waals surface area contributed by atoms with Crippen molar-refractivity contribution in [2.75, 3.05) is 0 Å². The van der Waals surface area contributed by atoms with Gasteiger partial charge in [-0.05, 0) is 12.1 Å². The molecule has 0 saturated carbocycles. The molecule has 4 heteroatoms. The van der Waals surface area contributed by atoms with E-state index in [2.05, 4.69) is 21.8 Å². The van der Waals surface area contributed by atoms with Crippen LogP contribution in [0.3, 0.4) is 0 Å². The van der Waals surface area contributed by atoms with Crippen LogP contribution < -0.4 is 0 Å². The van der Waals surface area contributed by atoms with Crippen LogP contribution in [0.5, 0.6) is 0 Å². The molecule has 3 aromatic rings. The highest BCUT2D eigenvalue weighted by atomic mass is 16.3. The third-order valence-electron chi connectivity index (χ3n) is 3.57. The molecule has 0 radical (unpaired) electrons. The molecule has 1 aromatic carbocycles. The van der Waals surface area contributed by atoms with Gasteiger partial charge in [0.25, 0.3) is 0 Å². The number of aryl methyl sites for hydroxylation is 3. The minimum atomic E-state index is 0.0826. The van der Waals surface area contributed by atoms with Crippen molar-refractivity contribution in [3.63, 3.8) is 0 Å². The Hall–Kier alpha value is -2.07. The highest BCUT2D eigenvalue weighted by Crippen LogP contribution is 2.21. The molecule has 0 bridgehead atoms. The summed E-state index contributed by atoms with van der Waals surface area (Å²) in [4.78, 5) is 0. The summed E-state index contributed by atoms with van der Waals surface area (Å²) in [5.41, 5.74) is 3.37. The zero-order valence-corrected chi connectivity index (χ0v) is 11.0. The van der Waals surface area contributed by atoms with Gasteiger partial charge in [-0.2, -0.15) is 5.10 Å². The van der Waals surface area contributed by atoms with Crippen LogP contribution in [0, 0.1) is 0 Å². The first-order valence-electron chi connectivity index (χ1n) is 6.44. The SMILES string of the molecule is Cn1nccc1CCn1cc(CO)c2ccccc21. The van der Waals surface area contributed by atoms with E-state index in [-0.39, 0.29) is 6.61 Å². The van der Waals surface area contributed by atoms with Crippen molar-refractivity contribution >= 4 is 10.9 Å². The van der Waals surface area contributed by atoms with E-state index >= 15 is 0 Å². The lowest BCUT2D eigenvalue weighted by molar-refractivity contribution is 0.283. The molecule has 0 saturated heterocycles. The number of nitrogens with zero attached hydrogens (tertiary/aromatic N) is 3. The van der Waals surface area contributed by atoms with E-state index in [1.54, 1.807) is 0 Å². The van der Waals surface area contributed by atoms with E-state index in [0.29, 0.717) is 0 Å². The molecule has 98 valence electrons. The van der Waals surface area contributed by atoms with Crippen LogP contribution in [-0.2, 0) is 26.6 Å². The van der Waals surface area contributed by atoms with Crippen molar-refractivity contribution < 1.29 is 5.11 Å². The molecule has 19 heavy (non-hydrogen) atoms. The van der Waals surface area contributed by atoms with Crippen LogP contribution in [0.4, 0.5) is 0 Å². The monoisotopic (exact) mass is 255 g/mol. The topological polar surface area (TPSA) is 43.0 Å². The number of hydrogen-bond donors (Lipinski definition) is 1. The number of aromatic nitrogens is 3. The Morgan fingerprint density at radius 2 is 2.05 bits per heavy atom. The summed E-state index contributed by atoms with van der Waals surface area (Å²) >= 11 is 0. The van der Waals surface area contributed by atoms with Crippen molar-refractivity contribution in [2.24, 2.45) is 7.05 Å². The van der Waals surface area contributed by atoms with Crippen molar-refractivity contribution in [3.05, 3.63) is 54.0 Å². The number of fused-ring (bicyclic) bond motifs is 1. The summed E-state index contributed by atoms with van der Waals surface area (Å²) in [6, 6.07) is 10.2. The van der Waals surface area contributed by atoms with Crippen LogP contribution >= 0.6 is 0 Å². The maximum atomic E-state index is 9.42. The lowest BCUT2D eigenvalue weighted by Gasteiger charge is -2.05. The van der Waals surface area contributed by atoms with Gasteiger partial charge in [-0.15, -0.1) is 0 Å². The molecule has 2 aromatic heterocycles. The summed E-state index contributed by atoms with van der Waals surface area (Å²) in [6.45, 7) is 0.971. The second-order valence-electron chi connectivity index (χ2n) is 4.72. The lowest BCUT2D eigenvalue weighted by Crippen LogP contribution is -2.04. The molecular weight excluding hydrogens is 238 g/mol. The number of aliphatic hydroxyl groups excluding tert-OH is 1. The smallest absolute Gasteiger partial charge is 0.0702 e. The second-order valence-corrected chi connectivity index (χ2v) is 4.72. The van der Waals surface area contributed by atoms with Gasteiger partial charge in [0.2, 0.25) is 0 Å². The van der Waals surface area contributed by atoms with Gasteiger partial charge < -0.3 is 9.67 Å². The number of para-hydroxylation sites is 1. The summed E-state index contributed by atoms with van der Waals surface area (Å²) in [5.74, 6) is 0. The largest absolute Gasteiger partial charge is 0.392 e. The molecule has 1 N–H and O–H groups in total. The fraction of sp³-hybridized carbons (Fsp3) is 0.267. The second kappa shape index (κ2) is 4.90. The lowest BCUT2D eigenvalue weighted by atomic mass is 10.2. The Labute approximate surface area is 111 Å². The zero-order valence-electron chi connectivity index (χ0n) is 11.0. The first-order chi connectivity index (χ1) is 9.29. The Balaban J connectivity index is 1.91. The molecule has 0 amide bonds. The molecule has 0 aliphatic rings. The van der Waals surface area contributed by atoms with Crippen LogP contribution in [0.1, 0.15) is 11.3 Å². The number of benzene rings is 1. The fourth-order valence-electron chi connectivity index (χ4n) is 2.52. The molecule has 2 heterocycles. The van der Waals surface area contributed by atoms with Crippen molar-refractivity contribution in [1.82, 2.24) is 14.3 Å². The summed E-state index contributed by atoms with van der Waals surface area (Å²) < 4.78 is 4.10. The summed E-state index contributed by atoms with van der Waals surface area (Å²) in [6.07, 6.45) is 4.79. The van der Waals surface area contributed by atoms with Crippen LogP contribution in [0.2, 0.25) is 0 Å². The highest BCUT2D eigenvalue weighted by molar-refractivity contribution is 5.83. The van der Waals surface area contributed by atoms with E-state index in [0.717, 1.165) is 23.9 Å². The Morgan fingerprint density at radius 3 is 2.79 bits per heavy atom. The van der Waals surface area contributed by atoms with Crippen molar-refractivity contribution in [3.8, 4) is 0 Å². The quantitative estimate of drug-likeness (QED) is 0.776. The first kappa shape index (κ1) is 12.0. The molecule has 0 fully saturated rings. The van der Waals surface area contributed by atoms with E-state index < -0.39 is 0 Å². The Morgan fingerprint density at radius 1 is 1.21 bits per heavy atom. The van der Waals surface area contributed by atoms with E-state index in [1.165, 1.54) is 11.2 Å². The van der Waals surface area contributed by atoms with E-state index in [1.807, 2.05) is 42.3 Å². The fourth-order valence-corrected chi connectivity index (χ4v) is 2.52. The van der Waals surface area contributed by atoms with Gasteiger partial charge in [0, 0.05) is 54.6 Å². The number of hydrogen-bond acceptors (Lipinski definition) is 2. The standard InChI is InChI=1S/C15H17N3O/c1-17-13(6-8-16-17)7-9-18-10-12(11-19)14-4-2-3-5-15(14)18/h2-6,8,10,19H,7,9,11H2,1H3. The van der Waals surface area contributed by atoms with Gasteiger partial charge in [0.05, 0.1) is 6.61 Å². The normalized spacial score (nSPS) is 11.3. The van der Waals surface area contributed by atoms with Crippen LogP contribution in [0.15, 0.2) is 42.7 Å². The van der Waals surface area contributed by atoms with Crippen molar-refractivity contribution in [1.29, 1.82) is 0 Å². The molecule has 0 spiro atoms.